The number of hydrogen-bond donors (Lipinski definition) is 0. The van der Waals surface area contributed by atoms with E-state index in [0.29, 0.717) is 35.5 Å². The third-order valence-electron chi connectivity index (χ3n) is 14.2. The van der Waals surface area contributed by atoms with Gasteiger partial charge in [0, 0.05) is 30.6 Å². The molecule has 2 saturated heterocycles. The van der Waals surface area contributed by atoms with Crippen molar-refractivity contribution in [2.45, 2.75) is 141 Å². The van der Waals surface area contributed by atoms with E-state index in [-0.39, 0.29) is 55.2 Å². The number of carbonyl (C=O) groups excluding carboxylic acids is 1. The zero-order valence-corrected chi connectivity index (χ0v) is 44.3. The Morgan fingerprint density at radius 3 is 2.00 bits per heavy atom. The minimum atomic E-state index is -5.28. The zero-order valence-electron chi connectivity index (χ0n) is 43.3. The number of piperazine rings is 1. The lowest BCUT2D eigenvalue weighted by Gasteiger charge is -2.48. The summed E-state index contributed by atoms with van der Waals surface area (Å²) in [5, 5.41) is -0.146. The van der Waals surface area contributed by atoms with Gasteiger partial charge >= 0.3 is 24.5 Å². The van der Waals surface area contributed by atoms with Crippen molar-refractivity contribution in [2.75, 3.05) is 37.2 Å². The molecule has 9 rings (SSSR count). The predicted molar refractivity (Wildman–Crippen MR) is 266 cm³/mol. The van der Waals surface area contributed by atoms with Crippen LogP contribution in [0.4, 0.5) is 51.4 Å². The van der Waals surface area contributed by atoms with Crippen molar-refractivity contribution in [1.29, 1.82) is 0 Å². The second kappa shape index (κ2) is 19.4. The molecular weight excluding hydrogens is 1010 g/mol. The summed E-state index contributed by atoms with van der Waals surface area (Å²) < 4.78 is 161. The third kappa shape index (κ3) is 10.7. The van der Waals surface area contributed by atoms with Crippen molar-refractivity contribution in [1.82, 2.24) is 19.9 Å². The molecule has 1 amide bonds. The molecule has 5 atom stereocenters. The fourth-order valence-corrected chi connectivity index (χ4v) is 11.8. The number of amides is 1. The van der Waals surface area contributed by atoms with E-state index in [9.17, 15) is 18.0 Å². The second-order valence-corrected chi connectivity index (χ2v) is 26.4. The summed E-state index contributed by atoms with van der Waals surface area (Å²) in [4.78, 5) is 32.5. The molecule has 5 heterocycles. The Morgan fingerprint density at radius 1 is 0.880 bits per heavy atom. The van der Waals surface area contributed by atoms with Crippen LogP contribution in [0.5, 0.6) is 23.4 Å². The molecule has 22 heteroatoms. The lowest BCUT2D eigenvalue weighted by atomic mass is 9.95. The van der Waals surface area contributed by atoms with Gasteiger partial charge in [0.25, 0.3) is 0 Å². The Hall–Kier alpha value is -6.16. The number of methoxy groups -OCH3 is 2. The topological polar surface area (TPSA) is 121 Å². The Morgan fingerprint density at radius 2 is 1.48 bits per heavy atom. The number of rotatable bonds is 14. The van der Waals surface area contributed by atoms with Crippen LogP contribution in [0.2, 0.25) is 19.6 Å². The van der Waals surface area contributed by atoms with E-state index >= 15 is 22.0 Å². The summed E-state index contributed by atoms with van der Waals surface area (Å²) in [6.07, 6.45) is -12.5. The highest BCUT2D eigenvalue weighted by molar-refractivity contribution is 6.69. The number of fused-ring (bicyclic) bond motifs is 5. The Labute approximate surface area is 430 Å². The van der Waals surface area contributed by atoms with E-state index in [0.717, 1.165) is 13.0 Å². The van der Waals surface area contributed by atoms with Gasteiger partial charge in [-0.05, 0) is 127 Å². The summed E-state index contributed by atoms with van der Waals surface area (Å²) >= 11 is 0. The first kappa shape index (κ1) is 53.7. The molecule has 2 aromatic heterocycles. The summed E-state index contributed by atoms with van der Waals surface area (Å²) in [5.41, 5.74) is -6.14. The number of alkyl halides is 6. The van der Waals surface area contributed by atoms with Gasteiger partial charge in [0.2, 0.25) is 5.88 Å². The highest BCUT2D eigenvalue weighted by atomic mass is 28.4. The van der Waals surface area contributed by atoms with Crippen LogP contribution in [0.1, 0.15) is 75.6 Å². The average molecular weight is 1070 g/mol. The standard InChI is InChI=1S/C53H60F8N6O7Si/c1-28-39(52(56,57)58)35(23-37(40(28)54)65(24-30-11-16-33(69-6)17-12-30)25-31-13-18-34(70-7)19-14-31)42-41(55)43-38-45(64-48(63-43)71-27-51(21-22-51)47(53(59,60)61)74-75(8,9)10)66-26-32-15-20-36(44(66)29(2)72-46(38)62-42)67(32)49(68)73-50(3,4)5/h11-14,16-19,23,29,32,36,44,47H,15,20-22,24-27H2,1-10H3/t29-,32+,36-,44+,47?/m0/s1. The van der Waals surface area contributed by atoms with E-state index in [4.69, 9.17) is 33.1 Å². The quantitative estimate of drug-likeness (QED) is 0.0777. The first-order valence-corrected chi connectivity index (χ1v) is 28.1. The summed E-state index contributed by atoms with van der Waals surface area (Å²) in [6, 6.07) is 12.2. The van der Waals surface area contributed by atoms with Gasteiger partial charge in [0.05, 0.1) is 50.2 Å². The van der Waals surface area contributed by atoms with Gasteiger partial charge in [0.15, 0.2) is 14.1 Å². The number of pyridine rings is 1. The van der Waals surface area contributed by atoms with Crippen molar-refractivity contribution < 1.29 is 68.0 Å². The van der Waals surface area contributed by atoms with Gasteiger partial charge in [-0.25, -0.2) is 18.6 Å². The van der Waals surface area contributed by atoms with Gasteiger partial charge in [-0.1, -0.05) is 24.3 Å². The fraction of sp³-hybridized carbons (Fsp3) is 0.509. The summed E-state index contributed by atoms with van der Waals surface area (Å²) in [5.74, 6) is -1.91. The number of anilines is 2. The van der Waals surface area contributed by atoms with Crippen LogP contribution in [0, 0.1) is 24.0 Å². The van der Waals surface area contributed by atoms with Crippen molar-refractivity contribution >= 4 is 36.8 Å². The van der Waals surface area contributed by atoms with Gasteiger partial charge in [-0.3, -0.25) is 4.90 Å². The lowest BCUT2D eigenvalue weighted by Crippen LogP contribution is -2.65. The second-order valence-electron chi connectivity index (χ2n) is 21.9. The number of ether oxygens (including phenoxy) is 5. The van der Waals surface area contributed by atoms with Crippen LogP contribution in [-0.2, 0) is 28.4 Å². The van der Waals surface area contributed by atoms with Crippen LogP contribution in [0.25, 0.3) is 22.2 Å². The molecule has 75 heavy (non-hydrogen) atoms. The number of carbonyl (C=O) groups is 1. The average Bonchev–Trinajstić information content (AvgIpc) is 4.06. The normalized spacial score (nSPS) is 20.5. The largest absolute Gasteiger partial charge is 0.497 e. The van der Waals surface area contributed by atoms with Crippen LogP contribution in [0.3, 0.4) is 0 Å². The molecule has 1 saturated carbocycles. The highest BCUT2D eigenvalue weighted by Gasteiger charge is 2.63. The first-order valence-electron chi connectivity index (χ1n) is 24.7. The molecule has 0 radical (unpaired) electrons. The Balaban J connectivity index is 1.23. The van der Waals surface area contributed by atoms with Gasteiger partial charge in [-0.2, -0.15) is 36.3 Å². The maximum atomic E-state index is 18.1. The third-order valence-corrected chi connectivity index (χ3v) is 15.1. The number of benzene rings is 3. The zero-order chi connectivity index (χ0) is 54.3. The maximum absolute atomic E-state index is 18.1. The van der Waals surface area contributed by atoms with Gasteiger partial charge < -0.3 is 37.9 Å². The SMILES string of the molecule is COc1ccc(CN(Cc2ccc(OC)cc2)c2cc(-c3nc4c5c(nc(OCC6(C(O[Si](C)(C)C)C(F)(F)F)CC6)nc5c3F)N3C[C@H]5CC[C@@H]([C@H]3[C@H](C)O4)N5C(=O)OC(C)(C)C)c(C(F)(F)F)c(C)c2F)cc1. The van der Waals surface area contributed by atoms with Crippen LogP contribution < -0.4 is 28.7 Å². The molecule has 2 bridgehead atoms. The van der Waals surface area contributed by atoms with E-state index in [1.165, 1.54) is 19.1 Å². The molecule has 4 aliphatic rings. The van der Waals surface area contributed by atoms with E-state index in [1.807, 2.05) is 0 Å². The summed E-state index contributed by atoms with van der Waals surface area (Å²) in [6.45, 7) is 12.2. The molecule has 3 fully saturated rings. The van der Waals surface area contributed by atoms with Crippen molar-refractivity contribution in [3.8, 4) is 34.6 Å². The lowest BCUT2D eigenvalue weighted by molar-refractivity contribution is -0.220. The molecule has 3 aromatic carbocycles. The van der Waals surface area contributed by atoms with Gasteiger partial charge in [-0.15, -0.1) is 0 Å². The smallest absolute Gasteiger partial charge is 0.417 e. The summed E-state index contributed by atoms with van der Waals surface area (Å²) in [7, 11) is 0.192. The Bertz CT molecular complexity index is 2920. The molecule has 13 nitrogen and oxygen atoms in total. The molecule has 404 valence electrons. The molecule has 0 spiro atoms. The predicted octanol–water partition coefficient (Wildman–Crippen LogP) is 12.2. The minimum Gasteiger partial charge on any atom is -0.497 e. The maximum Gasteiger partial charge on any atom is 0.417 e. The van der Waals surface area contributed by atoms with Crippen LogP contribution >= 0.6 is 0 Å². The van der Waals surface area contributed by atoms with E-state index in [2.05, 4.69) is 9.97 Å². The van der Waals surface area contributed by atoms with Gasteiger partial charge in [0.1, 0.15) is 57.5 Å². The number of aromatic nitrogens is 3. The number of halogens is 8. The van der Waals surface area contributed by atoms with E-state index in [1.54, 1.807) is 106 Å². The molecule has 0 N–H and O–H groups in total. The Kier molecular flexibility index (Phi) is 13.9. The molecule has 3 aliphatic heterocycles. The van der Waals surface area contributed by atoms with Crippen molar-refractivity contribution in [3.05, 3.63) is 88.5 Å². The molecular formula is C53H60F8N6O7Si. The number of nitrogens with zero attached hydrogens (tertiary/aromatic N) is 6. The van der Waals surface area contributed by atoms with Crippen molar-refractivity contribution in [3.63, 3.8) is 0 Å². The molecule has 5 aromatic rings. The first-order chi connectivity index (χ1) is 35.1. The minimum absolute atomic E-state index is 0.00853. The fourth-order valence-electron chi connectivity index (χ4n) is 10.7. The number of hydrogen-bond acceptors (Lipinski definition) is 12. The van der Waals surface area contributed by atoms with Crippen LogP contribution in [-0.4, -0.2) is 104 Å². The van der Waals surface area contributed by atoms with Crippen molar-refractivity contribution in [2.24, 2.45) is 5.41 Å². The highest BCUT2D eigenvalue weighted by Crippen LogP contribution is 2.56. The molecule has 1 aliphatic carbocycles. The van der Waals surface area contributed by atoms with E-state index < -0.39 is 120 Å². The van der Waals surface area contributed by atoms with Crippen LogP contribution in [0.15, 0.2) is 54.6 Å². The monoisotopic (exact) mass is 1070 g/mol. The molecule has 1 unspecified atom stereocenters.